The first-order valence-electron chi connectivity index (χ1n) is 10.1. The molecule has 1 saturated carbocycles. The zero-order chi connectivity index (χ0) is 19.3. The monoisotopic (exact) mass is 393 g/mol. The van der Waals surface area contributed by atoms with Crippen LogP contribution in [0, 0.1) is 0 Å². The number of carbonyl (C=O) groups excluding carboxylic acids is 1. The third-order valence-electron chi connectivity index (χ3n) is 5.66. The Hall–Kier alpha value is -1.44. The summed E-state index contributed by atoms with van der Waals surface area (Å²) in [6, 6.07) is 6.60. The Morgan fingerprint density at radius 1 is 1.15 bits per heavy atom. The molecule has 2 aliphatic rings. The Kier molecular flexibility index (Phi) is 6.89. The molecule has 150 valence electrons. The molecule has 1 atom stereocenters. The van der Waals surface area contributed by atoms with Crippen molar-refractivity contribution in [1.82, 2.24) is 14.9 Å². The summed E-state index contributed by atoms with van der Waals surface area (Å²) < 4.78 is 27.9. The summed E-state index contributed by atoms with van der Waals surface area (Å²) in [5.74, 6) is -0.225. The molecule has 27 heavy (non-hydrogen) atoms. The average Bonchev–Trinajstić information content (AvgIpc) is 3.19. The molecule has 0 spiro atoms. The molecule has 2 fully saturated rings. The summed E-state index contributed by atoms with van der Waals surface area (Å²) in [6.07, 6.45) is 7.60. The van der Waals surface area contributed by atoms with Crippen LogP contribution in [0.3, 0.4) is 0 Å². The number of hydrogen-bond donors (Lipinski definition) is 2. The molecule has 1 aromatic carbocycles. The largest absolute Gasteiger partial charge is 0.350 e. The normalized spacial score (nSPS) is 20.5. The zero-order valence-electron chi connectivity index (χ0n) is 16.1. The number of nitrogens with zero attached hydrogens (tertiary/aromatic N) is 1. The topological polar surface area (TPSA) is 78.5 Å². The van der Waals surface area contributed by atoms with Crippen LogP contribution < -0.4 is 10.0 Å². The Bertz CT molecular complexity index is 739. The average molecular weight is 394 g/mol. The Morgan fingerprint density at radius 2 is 1.85 bits per heavy atom. The van der Waals surface area contributed by atoms with Gasteiger partial charge in [0.2, 0.25) is 10.0 Å². The molecule has 1 saturated heterocycles. The number of benzene rings is 1. The van der Waals surface area contributed by atoms with Gasteiger partial charge in [0, 0.05) is 24.2 Å². The molecule has 0 bridgehead atoms. The van der Waals surface area contributed by atoms with Crippen molar-refractivity contribution in [3.8, 4) is 0 Å². The van der Waals surface area contributed by atoms with E-state index in [9.17, 15) is 13.2 Å². The lowest BCUT2D eigenvalue weighted by Gasteiger charge is -2.32. The standard InChI is InChI=1S/C20H31N3O3S/c1-16(23-12-5-2-6-13-23)15-21-20(24)17-8-7-11-19(14-17)27(25,26)22-18-9-3-4-10-18/h7-8,11,14,16,18,22H,2-6,9-10,12-13,15H2,1H3,(H,21,24)/t16-/m1/s1. The van der Waals surface area contributed by atoms with Crippen LogP contribution in [0.4, 0.5) is 0 Å². The molecule has 0 radical (unpaired) electrons. The van der Waals surface area contributed by atoms with Crippen LogP contribution in [0.25, 0.3) is 0 Å². The van der Waals surface area contributed by atoms with Crippen molar-refractivity contribution >= 4 is 15.9 Å². The highest BCUT2D eigenvalue weighted by atomic mass is 32.2. The number of sulfonamides is 1. The van der Waals surface area contributed by atoms with Gasteiger partial charge in [-0.1, -0.05) is 25.3 Å². The molecule has 1 amide bonds. The van der Waals surface area contributed by atoms with Crippen LogP contribution in [0.5, 0.6) is 0 Å². The van der Waals surface area contributed by atoms with Crippen molar-refractivity contribution in [3.05, 3.63) is 29.8 Å². The van der Waals surface area contributed by atoms with Crippen molar-refractivity contribution in [1.29, 1.82) is 0 Å². The first-order valence-corrected chi connectivity index (χ1v) is 11.6. The van der Waals surface area contributed by atoms with E-state index in [1.165, 1.54) is 25.3 Å². The summed E-state index contributed by atoms with van der Waals surface area (Å²) in [6.45, 7) is 4.85. The predicted molar refractivity (Wildman–Crippen MR) is 106 cm³/mol. The number of likely N-dealkylation sites (tertiary alicyclic amines) is 1. The molecule has 1 aliphatic heterocycles. The number of amides is 1. The van der Waals surface area contributed by atoms with Gasteiger partial charge in [-0.3, -0.25) is 9.69 Å². The van der Waals surface area contributed by atoms with Gasteiger partial charge in [0.15, 0.2) is 0 Å². The molecule has 3 rings (SSSR count). The van der Waals surface area contributed by atoms with Crippen LogP contribution in [-0.4, -0.2) is 50.9 Å². The fraction of sp³-hybridized carbons (Fsp3) is 0.650. The van der Waals surface area contributed by atoms with E-state index in [0.717, 1.165) is 38.8 Å². The van der Waals surface area contributed by atoms with Crippen LogP contribution in [0.15, 0.2) is 29.2 Å². The third-order valence-corrected chi connectivity index (χ3v) is 7.17. The van der Waals surface area contributed by atoms with Crippen molar-refractivity contribution < 1.29 is 13.2 Å². The van der Waals surface area contributed by atoms with E-state index in [4.69, 9.17) is 0 Å². The summed E-state index contributed by atoms with van der Waals surface area (Å²) >= 11 is 0. The molecular formula is C20H31N3O3S. The van der Waals surface area contributed by atoms with Gasteiger partial charge in [-0.05, 0) is 63.9 Å². The minimum absolute atomic E-state index is 0.0119. The van der Waals surface area contributed by atoms with Crippen LogP contribution in [0.1, 0.15) is 62.2 Å². The number of carbonyl (C=O) groups is 1. The molecular weight excluding hydrogens is 362 g/mol. The van der Waals surface area contributed by atoms with E-state index in [-0.39, 0.29) is 22.9 Å². The smallest absolute Gasteiger partial charge is 0.251 e. The number of piperidine rings is 1. The number of hydrogen-bond acceptors (Lipinski definition) is 4. The van der Waals surface area contributed by atoms with Gasteiger partial charge >= 0.3 is 0 Å². The van der Waals surface area contributed by atoms with Crippen molar-refractivity contribution in [3.63, 3.8) is 0 Å². The SMILES string of the molecule is C[C@H](CNC(=O)c1cccc(S(=O)(=O)NC2CCCC2)c1)N1CCCCC1. The van der Waals surface area contributed by atoms with E-state index < -0.39 is 10.0 Å². The second-order valence-corrected chi connectivity index (χ2v) is 9.50. The minimum atomic E-state index is -3.59. The maximum absolute atomic E-state index is 12.6. The van der Waals surface area contributed by atoms with Crippen LogP contribution in [-0.2, 0) is 10.0 Å². The molecule has 1 aromatic rings. The molecule has 0 unspecified atom stereocenters. The van der Waals surface area contributed by atoms with Gasteiger partial charge in [0.25, 0.3) is 5.91 Å². The summed E-state index contributed by atoms with van der Waals surface area (Å²) in [4.78, 5) is 15.1. The maximum Gasteiger partial charge on any atom is 0.251 e. The maximum atomic E-state index is 12.6. The summed E-state index contributed by atoms with van der Waals surface area (Å²) in [5, 5.41) is 2.95. The van der Waals surface area contributed by atoms with E-state index in [1.54, 1.807) is 18.2 Å². The number of rotatable bonds is 7. The molecule has 6 nitrogen and oxygen atoms in total. The predicted octanol–water partition coefficient (Wildman–Crippen LogP) is 2.51. The molecule has 2 N–H and O–H groups in total. The molecule has 1 heterocycles. The second kappa shape index (κ2) is 9.17. The highest BCUT2D eigenvalue weighted by Gasteiger charge is 2.24. The van der Waals surface area contributed by atoms with Gasteiger partial charge in [-0.2, -0.15) is 0 Å². The van der Waals surface area contributed by atoms with Gasteiger partial charge in [-0.25, -0.2) is 13.1 Å². The van der Waals surface area contributed by atoms with Gasteiger partial charge in [-0.15, -0.1) is 0 Å². The van der Waals surface area contributed by atoms with E-state index >= 15 is 0 Å². The molecule has 7 heteroatoms. The van der Waals surface area contributed by atoms with Crippen LogP contribution in [0.2, 0.25) is 0 Å². The van der Waals surface area contributed by atoms with E-state index in [1.807, 2.05) is 0 Å². The quantitative estimate of drug-likeness (QED) is 0.746. The van der Waals surface area contributed by atoms with Gasteiger partial charge in [0.1, 0.15) is 0 Å². The fourth-order valence-corrected chi connectivity index (χ4v) is 5.32. The highest BCUT2D eigenvalue weighted by molar-refractivity contribution is 7.89. The van der Waals surface area contributed by atoms with Crippen molar-refractivity contribution in [2.24, 2.45) is 0 Å². The molecule has 0 aromatic heterocycles. The first-order chi connectivity index (χ1) is 13.0. The Balaban J connectivity index is 1.59. The Labute approximate surface area is 162 Å². The van der Waals surface area contributed by atoms with Crippen molar-refractivity contribution in [2.45, 2.75) is 68.8 Å². The number of nitrogens with one attached hydrogen (secondary N) is 2. The lowest BCUT2D eigenvalue weighted by Crippen LogP contribution is -2.44. The fourth-order valence-electron chi connectivity index (χ4n) is 3.97. The minimum Gasteiger partial charge on any atom is -0.350 e. The van der Waals surface area contributed by atoms with Gasteiger partial charge < -0.3 is 5.32 Å². The van der Waals surface area contributed by atoms with E-state index in [0.29, 0.717) is 12.1 Å². The van der Waals surface area contributed by atoms with Crippen LogP contribution >= 0.6 is 0 Å². The Morgan fingerprint density at radius 3 is 2.56 bits per heavy atom. The van der Waals surface area contributed by atoms with E-state index in [2.05, 4.69) is 21.9 Å². The third kappa shape index (κ3) is 5.53. The summed E-state index contributed by atoms with van der Waals surface area (Å²) in [7, 11) is -3.59. The van der Waals surface area contributed by atoms with Crippen molar-refractivity contribution in [2.75, 3.05) is 19.6 Å². The zero-order valence-corrected chi connectivity index (χ0v) is 16.9. The summed E-state index contributed by atoms with van der Waals surface area (Å²) in [5.41, 5.74) is 0.384. The lowest BCUT2D eigenvalue weighted by molar-refractivity contribution is 0.0930. The highest BCUT2D eigenvalue weighted by Crippen LogP contribution is 2.21. The lowest BCUT2D eigenvalue weighted by atomic mass is 10.1. The molecule has 1 aliphatic carbocycles. The first kappa shape index (κ1) is 20.3. The second-order valence-electron chi connectivity index (χ2n) is 7.79. The van der Waals surface area contributed by atoms with Gasteiger partial charge in [0.05, 0.1) is 4.90 Å².